The van der Waals surface area contributed by atoms with E-state index in [9.17, 15) is 19.2 Å². The van der Waals surface area contributed by atoms with E-state index < -0.39 is 11.8 Å². The van der Waals surface area contributed by atoms with Gasteiger partial charge in [0.2, 0.25) is 0 Å². The number of rotatable bonds is 7. The molecule has 0 radical (unpaired) electrons. The molecule has 2 saturated heterocycles. The largest absolute Gasteiger partial charge is 0.383 e. The van der Waals surface area contributed by atoms with Crippen LogP contribution in [0.25, 0.3) is 10.2 Å². The molecule has 4 heterocycles. The van der Waals surface area contributed by atoms with Crippen molar-refractivity contribution in [3.05, 3.63) is 31.3 Å². The number of hydrogen-bond acceptors (Lipinski definition) is 7. The predicted molar refractivity (Wildman–Crippen MR) is 110 cm³/mol. The molecule has 2 aliphatic rings. The predicted octanol–water partition coefficient (Wildman–Crippen LogP) is -0.573. The quantitative estimate of drug-likeness (QED) is 0.582. The highest BCUT2D eigenvalue weighted by atomic mass is 32.1. The van der Waals surface area contributed by atoms with Gasteiger partial charge in [-0.1, -0.05) is 0 Å². The smallest absolute Gasteiger partial charge is 0.332 e. The summed E-state index contributed by atoms with van der Waals surface area (Å²) in [6.45, 7) is 4.27. The van der Waals surface area contributed by atoms with Gasteiger partial charge in [-0.3, -0.25) is 23.5 Å². The van der Waals surface area contributed by atoms with Gasteiger partial charge in [-0.05, 0) is 18.9 Å². The van der Waals surface area contributed by atoms with Crippen LogP contribution in [0, 0.1) is 6.92 Å². The van der Waals surface area contributed by atoms with Crippen LogP contribution in [0.5, 0.6) is 0 Å². The lowest BCUT2D eigenvalue weighted by atomic mass is 10.1. The Kier molecular flexibility index (Phi) is 5.76. The SMILES string of the molecule is COCCn1c(=O)c2c(C)c(CN3CCNC(=O)C3=O)sc2n(CC2CCO2)c1=O. The molecule has 0 aromatic carbocycles. The Bertz CT molecular complexity index is 1110. The number of thiophene rings is 1. The number of nitrogens with zero attached hydrogens (tertiary/aromatic N) is 3. The zero-order valence-corrected chi connectivity index (χ0v) is 17.8. The van der Waals surface area contributed by atoms with Gasteiger partial charge in [-0.2, -0.15) is 0 Å². The van der Waals surface area contributed by atoms with Crippen LogP contribution in [0.1, 0.15) is 16.9 Å². The molecular weight excluding hydrogens is 412 g/mol. The highest BCUT2D eigenvalue weighted by Crippen LogP contribution is 2.30. The van der Waals surface area contributed by atoms with Crippen LogP contribution in [-0.2, 0) is 38.7 Å². The number of fused-ring (bicyclic) bond motifs is 1. The molecule has 2 aromatic rings. The first-order valence-corrected chi connectivity index (χ1v) is 10.7. The topological polar surface area (TPSA) is 112 Å². The van der Waals surface area contributed by atoms with Crippen molar-refractivity contribution in [2.45, 2.75) is 39.1 Å². The van der Waals surface area contributed by atoms with Gasteiger partial charge in [0.15, 0.2) is 0 Å². The van der Waals surface area contributed by atoms with E-state index in [1.165, 1.54) is 27.9 Å². The summed E-state index contributed by atoms with van der Waals surface area (Å²) in [5.41, 5.74) is -0.0185. The third kappa shape index (κ3) is 3.57. The number of aryl methyl sites for hydroxylation is 1. The van der Waals surface area contributed by atoms with Gasteiger partial charge in [0, 0.05) is 31.7 Å². The van der Waals surface area contributed by atoms with E-state index in [4.69, 9.17) is 9.47 Å². The number of ether oxygens (including phenoxy) is 2. The number of nitrogens with one attached hydrogen (secondary N) is 1. The maximum Gasteiger partial charge on any atom is 0.332 e. The fraction of sp³-hybridized carbons (Fsp3) is 0.579. The highest BCUT2D eigenvalue weighted by molar-refractivity contribution is 7.18. The molecule has 2 aromatic heterocycles. The normalized spacial score (nSPS) is 19.3. The maximum atomic E-state index is 13.1. The molecule has 11 heteroatoms. The van der Waals surface area contributed by atoms with Crippen molar-refractivity contribution in [3.8, 4) is 0 Å². The van der Waals surface area contributed by atoms with Crippen molar-refractivity contribution in [3.63, 3.8) is 0 Å². The van der Waals surface area contributed by atoms with Gasteiger partial charge in [0.1, 0.15) is 4.83 Å². The molecular formula is C19H24N4O6S. The van der Waals surface area contributed by atoms with Crippen LogP contribution in [0.2, 0.25) is 0 Å². The lowest BCUT2D eigenvalue weighted by Gasteiger charge is -2.27. The molecule has 162 valence electrons. The van der Waals surface area contributed by atoms with Crippen molar-refractivity contribution >= 4 is 33.4 Å². The van der Waals surface area contributed by atoms with Gasteiger partial charge in [-0.15, -0.1) is 11.3 Å². The molecule has 30 heavy (non-hydrogen) atoms. The number of methoxy groups -OCH3 is 1. The summed E-state index contributed by atoms with van der Waals surface area (Å²) >= 11 is 1.32. The second-order valence-corrected chi connectivity index (χ2v) is 8.52. The molecule has 4 rings (SSSR count). The average molecular weight is 436 g/mol. The van der Waals surface area contributed by atoms with Crippen LogP contribution < -0.4 is 16.6 Å². The highest BCUT2D eigenvalue weighted by Gasteiger charge is 2.29. The Balaban J connectivity index is 1.81. The molecule has 0 aliphatic carbocycles. The number of aromatic nitrogens is 2. The van der Waals surface area contributed by atoms with E-state index >= 15 is 0 Å². The first-order chi connectivity index (χ1) is 14.4. The molecule has 0 bridgehead atoms. The molecule has 2 aliphatic heterocycles. The Hall–Kier alpha value is -2.50. The minimum atomic E-state index is -0.624. The van der Waals surface area contributed by atoms with E-state index in [2.05, 4.69) is 5.32 Å². The van der Waals surface area contributed by atoms with Crippen LogP contribution in [0.4, 0.5) is 0 Å². The van der Waals surface area contributed by atoms with Crippen molar-refractivity contribution < 1.29 is 19.1 Å². The van der Waals surface area contributed by atoms with E-state index in [0.29, 0.717) is 36.5 Å². The zero-order valence-electron chi connectivity index (χ0n) is 16.9. The summed E-state index contributed by atoms with van der Waals surface area (Å²) in [7, 11) is 1.52. The molecule has 0 spiro atoms. The van der Waals surface area contributed by atoms with E-state index in [0.717, 1.165) is 16.9 Å². The molecule has 2 amide bonds. The van der Waals surface area contributed by atoms with Gasteiger partial charge < -0.3 is 19.7 Å². The Labute approximate surface area is 176 Å². The van der Waals surface area contributed by atoms with E-state index in [-0.39, 0.29) is 37.0 Å². The van der Waals surface area contributed by atoms with Crippen LogP contribution in [0.3, 0.4) is 0 Å². The summed E-state index contributed by atoms with van der Waals surface area (Å²) in [6.07, 6.45) is 0.803. The van der Waals surface area contributed by atoms with E-state index in [1.807, 2.05) is 6.92 Å². The summed E-state index contributed by atoms with van der Waals surface area (Å²) in [6, 6.07) is 0. The second-order valence-electron chi connectivity index (χ2n) is 7.44. The number of carbonyl (C=O) groups excluding carboxylic acids is 2. The molecule has 1 unspecified atom stereocenters. The summed E-state index contributed by atoms with van der Waals surface area (Å²) in [5.74, 6) is -1.21. The van der Waals surface area contributed by atoms with Gasteiger partial charge in [0.25, 0.3) is 5.56 Å². The first kappa shape index (κ1) is 20.8. The van der Waals surface area contributed by atoms with E-state index in [1.54, 1.807) is 4.57 Å². The van der Waals surface area contributed by atoms with Crippen LogP contribution >= 0.6 is 11.3 Å². The second kappa shape index (κ2) is 8.32. The van der Waals surface area contributed by atoms with Crippen molar-refractivity contribution in [1.29, 1.82) is 0 Å². The standard InChI is InChI=1S/C19H24N4O6S/c1-11-13(10-21-5-4-20-15(24)17(21)26)30-18-14(11)16(25)22(6-8-28-2)19(27)23(18)9-12-3-7-29-12/h12H,3-10H2,1-2H3,(H,20,24). The number of carbonyl (C=O) groups is 2. The summed E-state index contributed by atoms with van der Waals surface area (Å²) in [4.78, 5) is 52.9. The Morgan fingerprint density at radius 2 is 2.00 bits per heavy atom. The Morgan fingerprint density at radius 1 is 1.23 bits per heavy atom. The van der Waals surface area contributed by atoms with Crippen LogP contribution in [0.15, 0.2) is 9.59 Å². The van der Waals surface area contributed by atoms with Gasteiger partial charge in [0.05, 0.1) is 37.7 Å². The number of piperazine rings is 1. The van der Waals surface area contributed by atoms with Gasteiger partial charge >= 0.3 is 17.5 Å². The fourth-order valence-electron chi connectivity index (χ4n) is 3.71. The zero-order chi connectivity index (χ0) is 21.4. The number of hydrogen-bond donors (Lipinski definition) is 1. The molecule has 2 fully saturated rings. The van der Waals surface area contributed by atoms with Crippen molar-refractivity contribution in [2.75, 3.05) is 33.4 Å². The van der Waals surface area contributed by atoms with Crippen molar-refractivity contribution in [1.82, 2.24) is 19.4 Å². The first-order valence-electron chi connectivity index (χ1n) is 9.85. The van der Waals surface area contributed by atoms with Crippen molar-refractivity contribution in [2.24, 2.45) is 0 Å². The summed E-state index contributed by atoms with van der Waals surface area (Å²) < 4.78 is 13.4. The molecule has 0 saturated carbocycles. The number of amides is 2. The average Bonchev–Trinajstić information content (AvgIpc) is 3.00. The van der Waals surface area contributed by atoms with Crippen LogP contribution in [-0.4, -0.2) is 65.4 Å². The Morgan fingerprint density at radius 3 is 2.67 bits per heavy atom. The third-order valence-electron chi connectivity index (χ3n) is 5.57. The fourth-order valence-corrected chi connectivity index (χ4v) is 5.03. The van der Waals surface area contributed by atoms with Gasteiger partial charge in [-0.25, -0.2) is 4.79 Å². The monoisotopic (exact) mass is 436 g/mol. The molecule has 1 N–H and O–H groups in total. The molecule has 1 atom stereocenters. The lowest BCUT2D eigenvalue weighted by Crippen LogP contribution is -2.51. The summed E-state index contributed by atoms with van der Waals surface area (Å²) in [5, 5.41) is 3.00. The minimum Gasteiger partial charge on any atom is -0.383 e. The third-order valence-corrected chi connectivity index (χ3v) is 6.87. The lowest BCUT2D eigenvalue weighted by molar-refractivity contribution is -0.148. The maximum absolute atomic E-state index is 13.1. The molecule has 10 nitrogen and oxygen atoms in total. The minimum absolute atomic E-state index is 0.0579.